The van der Waals surface area contributed by atoms with Gasteiger partial charge in [-0.05, 0) is 80.3 Å². The molecule has 0 spiro atoms. The maximum absolute atomic E-state index is 10.7. The molecule has 1 unspecified atom stereocenters. The highest BCUT2D eigenvalue weighted by atomic mass is 32.1. The maximum Gasteiger partial charge on any atom is 0.306 e. The number of aromatic nitrogens is 2. The van der Waals surface area contributed by atoms with Crippen LogP contribution in [0.1, 0.15) is 57.7 Å². The van der Waals surface area contributed by atoms with Crippen molar-refractivity contribution in [1.82, 2.24) is 15.3 Å². The Morgan fingerprint density at radius 1 is 1.21 bits per heavy atom. The van der Waals surface area contributed by atoms with Gasteiger partial charge in [-0.2, -0.15) is 0 Å². The summed E-state index contributed by atoms with van der Waals surface area (Å²) in [5, 5.41) is 15.5. The molecule has 3 N–H and O–H groups in total. The Kier molecular flexibility index (Phi) is 9.32. The van der Waals surface area contributed by atoms with E-state index in [1.165, 1.54) is 5.56 Å². The van der Waals surface area contributed by atoms with Crippen molar-refractivity contribution in [3.63, 3.8) is 0 Å². The van der Waals surface area contributed by atoms with E-state index >= 15 is 0 Å². The molecule has 7 heteroatoms. The number of nitrogens with one attached hydrogen (secondary N) is 2. The van der Waals surface area contributed by atoms with Crippen molar-refractivity contribution in [1.29, 1.82) is 0 Å². The molecule has 1 aliphatic heterocycles. The summed E-state index contributed by atoms with van der Waals surface area (Å²) in [6.45, 7) is 7.52. The van der Waals surface area contributed by atoms with Crippen molar-refractivity contribution >= 4 is 35.1 Å². The lowest BCUT2D eigenvalue weighted by Crippen LogP contribution is -2.32. The lowest BCUT2D eigenvalue weighted by Gasteiger charge is -2.26. The summed E-state index contributed by atoms with van der Waals surface area (Å²) in [7, 11) is 0. The molecule has 4 bridgehead atoms. The highest BCUT2D eigenvalue weighted by molar-refractivity contribution is 7.90. The van der Waals surface area contributed by atoms with Crippen LogP contribution in [0.3, 0.4) is 0 Å². The van der Waals surface area contributed by atoms with Gasteiger partial charge in [0.1, 0.15) is 11.6 Å². The summed E-state index contributed by atoms with van der Waals surface area (Å²) >= 11 is 4.56. The van der Waals surface area contributed by atoms with E-state index in [1.807, 2.05) is 24.4 Å². The number of thiol groups is 1. The lowest BCUT2D eigenvalue weighted by molar-refractivity contribution is -0.143. The normalized spacial score (nSPS) is 23.8. The number of pyridine rings is 2. The van der Waals surface area contributed by atoms with Gasteiger partial charge in [0.05, 0.1) is 11.6 Å². The molecule has 4 rings (SSSR count). The molecule has 2 aromatic heterocycles. The number of hydrogen-bond acceptors (Lipinski definition) is 6. The van der Waals surface area contributed by atoms with E-state index in [0.29, 0.717) is 17.9 Å². The van der Waals surface area contributed by atoms with E-state index < -0.39 is 5.97 Å². The van der Waals surface area contributed by atoms with Gasteiger partial charge in [0.2, 0.25) is 0 Å². The van der Waals surface area contributed by atoms with Crippen LogP contribution in [-0.4, -0.2) is 33.6 Å². The van der Waals surface area contributed by atoms with Gasteiger partial charge in [0.25, 0.3) is 0 Å². The number of aliphatic carboxylic acids is 1. The first-order chi connectivity index (χ1) is 15.8. The quantitative estimate of drug-likeness (QED) is 0.440. The first-order valence-corrected chi connectivity index (χ1v) is 12.3. The molecule has 0 radical (unpaired) electrons. The van der Waals surface area contributed by atoms with E-state index in [1.54, 1.807) is 0 Å². The molecule has 3 heterocycles. The molecule has 1 fully saturated rings. The van der Waals surface area contributed by atoms with Crippen LogP contribution in [0.5, 0.6) is 0 Å². The van der Waals surface area contributed by atoms with Gasteiger partial charge in [-0.25, -0.2) is 9.97 Å². The Morgan fingerprint density at radius 2 is 1.97 bits per heavy atom. The minimum atomic E-state index is -0.611. The molecular formula is C26H36N4O2S. The van der Waals surface area contributed by atoms with E-state index in [9.17, 15) is 4.79 Å². The fourth-order valence-corrected chi connectivity index (χ4v) is 4.63. The van der Waals surface area contributed by atoms with Crippen LogP contribution in [-0.2, 0) is 11.2 Å². The van der Waals surface area contributed by atoms with Gasteiger partial charge in [-0.15, -0.1) is 12.6 Å². The Morgan fingerprint density at radius 3 is 2.67 bits per heavy atom. The van der Waals surface area contributed by atoms with Gasteiger partial charge >= 0.3 is 5.97 Å². The highest BCUT2D eigenvalue weighted by Crippen LogP contribution is 2.28. The minimum Gasteiger partial charge on any atom is -0.481 e. The number of anilines is 2. The molecule has 1 aliphatic carbocycles. The van der Waals surface area contributed by atoms with Crippen LogP contribution in [0.25, 0.3) is 4.91 Å². The van der Waals surface area contributed by atoms with Gasteiger partial charge in [-0.3, -0.25) is 4.79 Å². The topological polar surface area (TPSA) is 87.1 Å². The average molecular weight is 469 g/mol. The Hall–Kier alpha value is -2.38. The zero-order chi connectivity index (χ0) is 23.8. The SMILES string of the molecule is CC(C)NCC1CCC(C(=O)O)CC1.CC1/C=C(\S)c2cccc(n2)Nc2cc(ccn2)C1. The number of carbonyl (C=O) groups is 1. The third kappa shape index (κ3) is 8.16. The first kappa shape index (κ1) is 25.2. The van der Waals surface area contributed by atoms with E-state index in [0.717, 1.165) is 60.9 Å². The lowest BCUT2D eigenvalue weighted by atomic mass is 9.82. The smallest absolute Gasteiger partial charge is 0.306 e. The van der Waals surface area contributed by atoms with Crippen molar-refractivity contribution in [3.8, 4) is 0 Å². The molecule has 2 aromatic rings. The predicted molar refractivity (Wildman–Crippen MR) is 138 cm³/mol. The minimum absolute atomic E-state index is 0.0784. The summed E-state index contributed by atoms with van der Waals surface area (Å²) in [6, 6.07) is 10.5. The standard InChI is InChI=1S/C15H15N3S.C11H21NO2/c1-10-7-11-5-6-16-15(9-11)18-14-4-2-3-12(17-14)13(19)8-10;1-8(2)12-7-9-3-5-10(6-4-9)11(13)14/h2-6,8-10,19H,7H2,1H3,(H,16,17,18);8-10,12H,3-7H2,1-2H3,(H,13,14)/b13-8-;. The molecule has 33 heavy (non-hydrogen) atoms. The number of nitrogens with zero attached hydrogens (tertiary/aromatic N) is 2. The molecule has 1 saturated carbocycles. The van der Waals surface area contributed by atoms with E-state index in [4.69, 9.17) is 5.11 Å². The number of allylic oxidation sites excluding steroid dienone is 1. The Balaban J connectivity index is 0.000000196. The summed E-state index contributed by atoms with van der Waals surface area (Å²) in [5.41, 5.74) is 2.15. The van der Waals surface area contributed by atoms with Gasteiger partial charge in [0.15, 0.2) is 0 Å². The number of carboxylic acid groups (broad SMARTS) is 1. The second-order valence-electron chi connectivity index (χ2n) is 9.43. The zero-order valence-corrected chi connectivity index (χ0v) is 20.7. The molecule has 0 amide bonds. The fourth-order valence-electron chi connectivity index (χ4n) is 4.25. The van der Waals surface area contributed by atoms with Crippen LogP contribution in [0.2, 0.25) is 0 Å². The number of carboxylic acids is 1. The van der Waals surface area contributed by atoms with Crippen LogP contribution in [0.4, 0.5) is 11.6 Å². The van der Waals surface area contributed by atoms with E-state index in [2.05, 4.69) is 72.2 Å². The highest BCUT2D eigenvalue weighted by Gasteiger charge is 2.25. The van der Waals surface area contributed by atoms with Crippen molar-refractivity contribution < 1.29 is 9.90 Å². The number of rotatable bonds is 4. The van der Waals surface area contributed by atoms with Crippen molar-refractivity contribution in [2.75, 3.05) is 11.9 Å². The predicted octanol–water partition coefficient (Wildman–Crippen LogP) is 5.56. The average Bonchev–Trinajstić information content (AvgIpc) is 2.79. The number of hydrogen-bond donors (Lipinski definition) is 4. The summed E-state index contributed by atoms with van der Waals surface area (Å²) in [6.07, 6.45) is 8.81. The monoisotopic (exact) mass is 468 g/mol. The van der Waals surface area contributed by atoms with Crippen LogP contribution in [0.15, 0.2) is 42.6 Å². The second kappa shape index (κ2) is 12.2. The van der Waals surface area contributed by atoms with Gasteiger partial charge in [-0.1, -0.05) is 32.9 Å². The summed E-state index contributed by atoms with van der Waals surface area (Å²) < 4.78 is 0. The molecule has 0 aromatic carbocycles. The van der Waals surface area contributed by atoms with Crippen LogP contribution >= 0.6 is 12.6 Å². The zero-order valence-electron chi connectivity index (χ0n) is 19.8. The van der Waals surface area contributed by atoms with Crippen molar-refractivity contribution in [2.45, 2.75) is 58.9 Å². The van der Waals surface area contributed by atoms with Crippen molar-refractivity contribution in [3.05, 3.63) is 53.9 Å². The molecule has 6 nitrogen and oxygen atoms in total. The molecule has 178 valence electrons. The van der Waals surface area contributed by atoms with Crippen LogP contribution < -0.4 is 10.6 Å². The summed E-state index contributed by atoms with van der Waals surface area (Å²) in [5.74, 6) is 2.03. The molecule has 0 saturated heterocycles. The third-order valence-electron chi connectivity index (χ3n) is 6.10. The maximum atomic E-state index is 10.7. The molecule has 2 aliphatic rings. The van der Waals surface area contributed by atoms with E-state index in [-0.39, 0.29) is 5.92 Å². The van der Waals surface area contributed by atoms with Crippen LogP contribution in [0, 0.1) is 17.8 Å². The molecular weight excluding hydrogens is 432 g/mol. The van der Waals surface area contributed by atoms with Gasteiger partial charge < -0.3 is 15.7 Å². The fraction of sp³-hybridized carbons (Fsp3) is 0.500. The largest absolute Gasteiger partial charge is 0.481 e. The van der Waals surface area contributed by atoms with Crippen molar-refractivity contribution in [2.24, 2.45) is 17.8 Å². The second-order valence-corrected chi connectivity index (χ2v) is 9.92. The third-order valence-corrected chi connectivity index (χ3v) is 6.48. The Bertz CT molecular complexity index is 955. The summed E-state index contributed by atoms with van der Waals surface area (Å²) in [4.78, 5) is 20.5. The molecule has 1 atom stereocenters. The number of fused-ring (bicyclic) bond motifs is 4. The first-order valence-electron chi connectivity index (χ1n) is 11.9. The Labute approximate surface area is 202 Å². The van der Waals surface area contributed by atoms with Gasteiger partial charge in [0, 0.05) is 17.1 Å².